The Hall–Kier alpha value is -3.08. The number of esters is 1. The number of aromatic nitrogens is 2. The summed E-state index contributed by atoms with van der Waals surface area (Å²) in [5.74, 6) is 0.617. The Labute approximate surface area is 140 Å². The molecule has 0 amide bonds. The quantitative estimate of drug-likeness (QED) is 0.579. The van der Waals surface area contributed by atoms with E-state index in [0.29, 0.717) is 18.5 Å². The molecule has 0 aliphatic heterocycles. The third kappa shape index (κ3) is 3.63. The van der Waals surface area contributed by atoms with Crippen molar-refractivity contribution in [3.8, 4) is 0 Å². The summed E-state index contributed by atoms with van der Waals surface area (Å²) in [4.78, 5) is 16.1. The highest BCUT2D eigenvalue weighted by Gasteiger charge is 2.08. The average molecular weight is 321 g/mol. The van der Waals surface area contributed by atoms with E-state index in [1.807, 2.05) is 48.7 Å². The van der Waals surface area contributed by atoms with Crippen LogP contribution in [0.15, 0.2) is 60.9 Å². The number of carbonyl (C=O) groups is 1. The second kappa shape index (κ2) is 7.00. The van der Waals surface area contributed by atoms with E-state index < -0.39 is 0 Å². The number of nitrogens with zero attached hydrogens (tertiary/aromatic N) is 2. The van der Waals surface area contributed by atoms with Crippen molar-refractivity contribution in [2.24, 2.45) is 0 Å². The summed E-state index contributed by atoms with van der Waals surface area (Å²) in [6.07, 6.45) is 4.42. The van der Waals surface area contributed by atoms with Crippen molar-refractivity contribution >= 4 is 11.7 Å². The van der Waals surface area contributed by atoms with Crippen molar-refractivity contribution in [2.45, 2.75) is 13.0 Å². The fourth-order valence-corrected chi connectivity index (χ4v) is 2.65. The molecule has 5 nitrogen and oxygen atoms in total. The normalized spacial score (nSPS) is 10.5. The molecular weight excluding hydrogens is 302 g/mol. The van der Waals surface area contributed by atoms with E-state index >= 15 is 0 Å². The summed E-state index contributed by atoms with van der Waals surface area (Å²) in [5.41, 5.74) is 9.27. The van der Waals surface area contributed by atoms with Crippen LogP contribution >= 0.6 is 0 Å². The van der Waals surface area contributed by atoms with Crippen LogP contribution in [0.25, 0.3) is 0 Å². The highest BCUT2D eigenvalue weighted by atomic mass is 16.5. The molecule has 2 aromatic carbocycles. The first-order valence-corrected chi connectivity index (χ1v) is 7.67. The molecule has 0 spiro atoms. The molecule has 3 rings (SSSR count). The largest absolute Gasteiger partial charge is 0.465 e. The molecule has 0 aliphatic carbocycles. The van der Waals surface area contributed by atoms with Gasteiger partial charge in [-0.3, -0.25) is 0 Å². The Morgan fingerprint density at radius 1 is 1.17 bits per heavy atom. The van der Waals surface area contributed by atoms with Gasteiger partial charge in [0.2, 0.25) is 0 Å². The molecule has 1 aromatic heterocycles. The number of hydrogen-bond donors (Lipinski definition) is 1. The SMILES string of the molecule is COC(=O)c1cccc(Cn2ccnc2Cc2cccc(N)c2)c1. The third-order valence-corrected chi connectivity index (χ3v) is 3.82. The maximum atomic E-state index is 11.7. The van der Waals surface area contributed by atoms with E-state index in [1.54, 1.807) is 12.3 Å². The molecule has 3 aromatic rings. The molecule has 0 aliphatic rings. The van der Waals surface area contributed by atoms with Crippen LogP contribution in [0.1, 0.15) is 27.3 Å². The highest BCUT2D eigenvalue weighted by Crippen LogP contribution is 2.14. The Morgan fingerprint density at radius 2 is 1.96 bits per heavy atom. The molecule has 0 saturated carbocycles. The zero-order chi connectivity index (χ0) is 16.9. The van der Waals surface area contributed by atoms with Crippen LogP contribution in [-0.2, 0) is 17.7 Å². The van der Waals surface area contributed by atoms with Gasteiger partial charge in [-0.05, 0) is 35.4 Å². The topological polar surface area (TPSA) is 70.1 Å². The number of hydrogen-bond acceptors (Lipinski definition) is 4. The van der Waals surface area contributed by atoms with Gasteiger partial charge in [-0.1, -0.05) is 24.3 Å². The molecular formula is C19H19N3O2. The Morgan fingerprint density at radius 3 is 2.75 bits per heavy atom. The summed E-state index contributed by atoms with van der Waals surface area (Å²) >= 11 is 0. The highest BCUT2D eigenvalue weighted by molar-refractivity contribution is 5.89. The van der Waals surface area contributed by atoms with Gasteiger partial charge in [0.1, 0.15) is 5.82 Å². The van der Waals surface area contributed by atoms with Crippen LogP contribution in [0.4, 0.5) is 5.69 Å². The first kappa shape index (κ1) is 15.8. The maximum Gasteiger partial charge on any atom is 0.337 e. The number of rotatable bonds is 5. The molecule has 0 bridgehead atoms. The van der Waals surface area contributed by atoms with E-state index in [4.69, 9.17) is 10.5 Å². The molecule has 0 saturated heterocycles. The molecule has 0 unspecified atom stereocenters. The summed E-state index contributed by atoms with van der Waals surface area (Å²) in [6, 6.07) is 15.2. The second-order valence-corrected chi connectivity index (χ2v) is 5.59. The van der Waals surface area contributed by atoms with Crippen molar-refractivity contribution in [3.63, 3.8) is 0 Å². The lowest BCUT2D eigenvalue weighted by molar-refractivity contribution is 0.0600. The van der Waals surface area contributed by atoms with E-state index in [0.717, 1.165) is 22.6 Å². The van der Waals surface area contributed by atoms with Gasteiger partial charge in [-0.25, -0.2) is 9.78 Å². The molecule has 5 heteroatoms. The predicted octanol–water partition coefficient (Wildman–Crippen LogP) is 2.89. The van der Waals surface area contributed by atoms with Crippen molar-refractivity contribution < 1.29 is 9.53 Å². The first-order chi connectivity index (χ1) is 11.7. The Balaban J connectivity index is 1.80. The second-order valence-electron chi connectivity index (χ2n) is 5.59. The minimum Gasteiger partial charge on any atom is -0.465 e. The molecule has 24 heavy (non-hydrogen) atoms. The molecule has 122 valence electrons. The molecule has 0 atom stereocenters. The summed E-state index contributed by atoms with van der Waals surface area (Å²) < 4.78 is 6.84. The van der Waals surface area contributed by atoms with Crippen LogP contribution in [0.3, 0.4) is 0 Å². The van der Waals surface area contributed by atoms with Crippen molar-refractivity contribution in [2.75, 3.05) is 12.8 Å². The number of nitrogens with two attached hydrogens (primary N) is 1. The monoisotopic (exact) mass is 321 g/mol. The number of nitrogen functional groups attached to an aromatic ring is 1. The number of methoxy groups -OCH3 is 1. The van der Waals surface area contributed by atoms with Crippen LogP contribution in [-0.4, -0.2) is 22.6 Å². The molecule has 2 N–H and O–H groups in total. The third-order valence-electron chi connectivity index (χ3n) is 3.82. The van der Waals surface area contributed by atoms with Crippen molar-refractivity contribution in [1.29, 1.82) is 0 Å². The Kier molecular flexibility index (Phi) is 4.61. The van der Waals surface area contributed by atoms with Gasteiger partial charge in [0.05, 0.1) is 12.7 Å². The summed E-state index contributed by atoms with van der Waals surface area (Å²) in [7, 11) is 1.38. The predicted molar refractivity (Wildman–Crippen MR) is 92.8 cm³/mol. The first-order valence-electron chi connectivity index (χ1n) is 7.67. The molecule has 1 heterocycles. The van der Waals surface area contributed by atoms with Crippen LogP contribution in [0, 0.1) is 0 Å². The Bertz CT molecular complexity index is 855. The smallest absolute Gasteiger partial charge is 0.337 e. The van der Waals surface area contributed by atoms with Gasteiger partial charge in [0.25, 0.3) is 0 Å². The standard InChI is InChI=1S/C19H19N3O2/c1-24-19(23)16-6-2-5-15(10-16)13-22-9-8-21-18(22)12-14-4-3-7-17(20)11-14/h2-11H,12-13,20H2,1H3. The zero-order valence-corrected chi connectivity index (χ0v) is 13.5. The van der Waals surface area contributed by atoms with E-state index in [1.165, 1.54) is 7.11 Å². The summed E-state index contributed by atoms with van der Waals surface area (Å²) in [5, 5.41) is 0. The van der Waals surface area contributed by atoms with Crippen molar-refractivity contribution in [3.05, 3.63) is 83.4 Å². The number of ether oxygens (including phenoxy) is 1. The van der Waals surface area contributed by atoms with Crippen LogP contribution < -0.4 is 5.73 Å². The minimum absolute atomic E-state index is 0.331. The average Bonchev–Trinajstić information content (AvgIpc) is 3.01. The van der Waals surface area contributed by atoms with Gasteiger partial charge < -0.3 is 15.0 Å². The fraction of sp³-hybridized carbons (Fsp3) is 0.158. The van der Waals surface area contributed by atoms with Gasteiger partial charge in [-0.15, -0.1) is 0 Å². The van der Waals surface area contributed by atoms with Gasteiger partial charge in [0.15, 0.2) is 0 Å². The minimum atomic E-state index is -0.331. The lowest BCUT2D eigenvalue weighted by atomic mass is 10.1. The molecule has 0 radical (unpaired) electrons. The van der Waals surface area contributed by atoms with Gasteiger partial charge in [0, 0.05) is 31.0 Å². The van der Waals surface area contributed by atoms with E-state index in [-0.39, 0.29) is 5.97 Å². The van der Waals surface area contributed by atoms with Crippen molar-refractivity contribution in [1.82, 2.24) is 9.55 Å². The number of imidazole rings is 1. The fourth-order valence-electron chi connectivity index (χ4n) is 2.65. The molecule has 0 fully saturated rings. The van der Waals surface area contributed by atoms with E-state index in [9.17, 15) is 4.79 Å². The maximum absolute atomic E-state index is 11.7. The van der Waals surface area contributed by atoms with Crippen LogP contribution in [0.2, 0.25) is 0 Å². The number of anilines is 1. The lowest BCUT2D eigenvalue weighted by Gasteiger charge is -2.09. The lowest BCUT2D eigenvalue weighted by Crippen LogP contribution is -2.07. The zero-order valence-electron chi connectivity index (χ0n) is 13.5. The number of carbonyl (C=O) groups excluding carboxylic acids is 1. The van der Waals surface area contributed by atoms with Gasteiger partial charge in [-0.2, -0.15) is 0 Å². The van der Waals surface area contributed by atoms with Gasteiger partial charge >= 0.3 is 5.97 Å². The summed E-state index contributed by atoms with van der Waals surface area (Å²) in [6.45, 7) is 0.641. The van der Waals surface area contributed by atoms with E-state index in [2.05, 4.69) is 9.55 Å². The van der Waals surface area contributed by atoms with Crippen LogP contribution in [0.5, 0.6) is 0 Å². The number of benzene rings is 2.